The minimum atomic E-state index is -0.0544. The molecule has 4 nitrogen and oxygen atoms in total. The van der Waals surface area contributed by atoms with Gasteiger partial charge in [-0.15, -0.1) is 0 Å². The molecule has 0 aliphatic heterocycles. The van der Waals surface area contributed by atoms with Gasteiger partial charge in [-0.2, -0.15) is 10.2 Å². The zero-order valence-electron chi connectivity index (χ0n) is 12.9. The Morgan fingerprint density at radius 1 is 1.05 bits per heavy atom. The predicted molar refractivity (Wildman–Crippen MR) is 79.5 cm³/mol. The zero-order chi connectivity index (χ0) is 14.8. The van der Waals surface area contributed by atoms with Crippen LogP contribution in [0.25, 0.3) is 0 Å². The van der Waals surface area contributed by atoms with E-state index in [1.165, 1.54) is 5.56 Å². The van der Waals surface area contributed by atoms with E-state index in [0.717, 1.165) is 17.8 Å². The smallest absolute Gasteiger partial charge is 0.115 e. The lowest BCUT2D eigenvalue weighted by Gasteiger charge is -2.24. The Morgan fingerprint density at radius 3 is 2.40 bits per heavy atom. The maximum Gasteiger partial charge on any atom is 0.115 e. The lowest BCUT2D eigenvalue weighted by Crippen LogP contribution is -2.23. The molecule has 2 heterocycles. The Kier molecular flexibility index (Phi) is 3.84. The fraction of sp³-hybridized carbons (Fsp3) is 0.500. The molecule has 20 heavy (non-hydrogen) atoms. The Morgan fingerprint density at radius 2 is 1.80 bits per heavy atom. The highest BCUT2D eigenvalue weighted by Gasteiger charge is 2.24. The van der Waals surface area contributed by atoms with Crippen LogP contribution in [0.1, 0.15) is 51.6 Å². The van der Waals surface area contributed by atoms with Crippen LogP contribution in [-0.2, 0) is 17.3 Å². The maximum absolute atomic E-state index is 4.37. The van der Waals surface area contributed by atoms with Crippen LogP contribution in [0.3, 0.4) is 0 Å². The van der Waals surface area contributed by atoms with Gasteiger partial charge in [0.2, 0.25) is 0 Å². The van der Waals surface area contributed by atoms with Crippen molar-refractivity contribution in [1.82, 2.24) is 20.2 Å². The second-order valence-corrected chi connectivity index (χ2v) is 6.85. The van der Waals surface area contributed by atoms with E-state index in [9.17, 15) is 0 Å². The van der Waals surface area contributed by atoms with Crippen LogP contribution in [0.15, 0.2) is 30.9 Å². The Bertz CT molecular complexity index is 571. The monoisotopic (exact) mass is 270 g/mol. The standard InChI is InChI=1S/C16H22N4/c1-15(2,3)14-8-12(10-19-20-14)9-16(4,5)13-6-7-17-11-18-13/h6-8,10-11H,9H2,1-5H3. The van der Waals surface area contributed by atoms with E-state index in [1.807, 2.05) is 12.3 Å². The van der Waals surface area contributed by atoms with Crippen molar-refractivity contribution in [3.8, 4) is 0 Å². The van der Waals surface area contributed by atoms with Gasteiger partial charge in [-0.05, 0) is 24.1 Å². The van der Waals surface area contributed by atoms with Crippen molar-refractivity contribution in [2.24, 2.45) is 0 Å². The summed E-state index contributed by atoms with van der Waals surface area (Å²) in [5.41, 5.74) is 3.21. The molecule has 2 rings (SSSR count). The van der Waals surface area contributed by atoms with Crippen molar-refractivity contribution >= 4 is 0 Å². The van der Waals surface area contributed by atoms with Crippen LogP contribution < -0.4 is 0 Å². The molecule has 4 heteroatoms. The van der Waals surface area contributed by atoms with Crippen LogP contribution in [0.4, 0.5) is 0 Å². The molecule has 0 atom stereocenters. The van der Waals surface area contributed by atoms with E-state index in [1.54, 1.807) is 12.5 Å². The largest absolute Gasteiger partial charge is 0.245 e. The number of nitrogens with zero attached hydrogens (tertiary/aromatic N) is 4. The van der Waals surface area contributed by atoms with Crippen LogP contribution in [0.2, 0.25) is 0 Å². The fourth-order valence-electron chi connectivity index (χ4n) is 2.16. The maximum atomic E-state index is 4.37. The third-order valence-electron chi connectivity index (χ3n) is 3.40. The second kappa shape index (κ2) is 5.27. The van der Waals surface area contributed by atoms with Crippen molar-refractivity contribution in [1.29, 1.82) is 0 Å². The number of aromatic nitrogens is 4. The Labute approximate surface area is 120 Å². The minimum absolute atomic E-state index is 0.0159. The van der Waals surface area contributed by atoms with Gasteiger partial charge in [-0.3, -0.25) is 0 Å². The lowest BCUT2D eigenvalue weighted by molar-refractivity contribution is 0.498. The van der Waals surface area contributed by atoms with Crippen LogP contribution in [0.5, 0.6) is 0 Å². The molecule has 0 fully saturated rings. The summed E-state index contributed by atoms with van der Waals surface area (Å²) < 4.78 is 0. The third-order valence-corrected chi connectivity index (χ3v) is 3.40. The van der Waals surface area contributed by atoms with Gasteiger partial charge in [0.05, 0.1) is 11.9 Å². The Hall–Kier alpha value is -1.84. The van der Waals surface area contributed by atoms with Gasteiger partial charge in [0.25, 0.3) is 0 Å². The van der Waals surface area contributed by atoms with Gasteiger partial charge in [0.1, 0.15) is 6.33 Å². The normalized spacial score (nSPS) is 12.4. The molecular weight excluding hydrogens is 248 g/mol. The van der Waals surface area contributed by atoms with Crippen LogP contribution in [0, 0.1) is 0 Å². The molecule has 106 valence electrons. The molecule has 0 aliphatic carbocycles. The first-order chi connectivity index (χ1) is 9.29. The van der Waals surface area contributed by atoms with Crippen molar-refractivity contribution < 1.29 is 0 Å². The summed E-state index contributed by atoms with van der Waals surface area (Å²) in [4.78, 5) is 8.35. The lowest BCUT2D eigenvalue weighted by atomic mass is 9.82. The van der Waals surface area contributed by atoms with Gasteiger partial charge < -0.3 is 0 Å². The molecule has 0 N–H and O–H groups in total. The molecule has 0 aromatic carbocycles. The van der Waals surface area contributed by atoms with Crippen molar-refractivity contribution in [2.45, 2.75) is 51.9 Å². The van der Waals surface area contributed by atoms with E-state index < -0.39 is 0 Å². The van der Waals surface area contributed by atoms with Gasteiger partial charge >= 0.3 is 0 Å². The predicted octanol–water partition coefficient (Wildman–Crippen LogP) is 3.08. The third kappa shape index (κ3) is 3.38. The number of rotatable bonds is 3. The molecular formula is C16H22N4. The highest BCUT2D eigenvalue weighted by Crippen LogP contribution is 2.27. The van der Waals surface area contributed by atoms with Crippen molar-refractivity contribution in [2.75, 3.05) is 0 Å². The first-order valence-electron chi connectivity index (χ1n) is 6.88. The Balaban J connectivity index is 2.26. The second-order valence-electron chi connectivity index (χ2n) is 6.85. The fourth-order valence-corrected chi connectivity index (χ4v) is 2.16. The molecule has 0 aliphatic rings. The van der Waals surface area contributed by atoms with E-state index in [4.69, 9.17) is 0 Å². The van der Waals surface area contributed by atoms with E-state index in [2.05, 4.69) is 60.9 Å². The summed E-state index contributed by atoms with van der Waals surface area (Å²) in [5.74, 6) is 0. The van der Waals surface area contributed by atoms with Gasteiger partial charge in [-0.1, -0.05) is 34.6 Å². The topological polar surface area (TPSA) is 51.6 Å². The van der Waals surface area contributed by atoms with Gasteiger partial charge in [-0.25, -0.2) is 9.97 Å². The molecule has 0 radical (unpaired) electrons. The average molecular weight is 270 g/mol. The summed E-state index contributed by atoms with van der Waals surface area (Å²) in [5, 5.41) is 8.38. The van der Waals surface area contributed by atoms with Gasteiger partial charge in [0.15, 0.2) is 0 Å². The minimum Gasteiger partial charge on any atom is -0.245 e. The highest BCUT2D eigenvalue weighted by atomic mass is 15.1. The molecule has 2 aromatic heterocycles. The van der Waals surface area contributed by atoms with E-state index >= 15 is 0 Å². The van der Waals surface area contributed by atoms with Crippen LogP contribution in [-0.4, -0.2) is 20.2 Å². The van der Waals surface area contributed by atoms with E-state index in [-0.39, 0.29) is 10.8 Å². The first kappa shape index (κ1) is 14.6. The van der Waals surface area contributed by atoms with Gasteiger partial charge in [0, 0.05) is 22.7 Å². The summed E-state index contributed by atoms with van der Waals surface area (Å²) in [6, 6.07) is 4.12. The summed E-state index contributed by atoms with van der Waals surface area (Å²) in [6.45, 7) is 10.8. The first-order valence-corrected chi connectivity index (χ1v) is 6.88. The number of hydrogen-bond acceptors (Lipinski definition) is 4. The zero-order valence-corrected chi connectivity index (χ0v) is 12.9. The summed E-state index contributed by atoms with van der Waals surface area (Å²) >= 11 is 0. The molecule has 0 spiro atoms. The average Bonchev–Trinajstić information content (AvgIpc) is 2.38. The molecule has 2 aromatic rings. The van der Waals surface area contributed by atoms with Crippen molar-refractivity contribution in [3.05, 3.63) is 47.8 Å². The summed E-state index contributed by atoms with van der Waals surface area (Å²) in [7, 11) is 0. The molecule has 0 saturated heterocycles. The van der Waals surface area contributed by atoms with E-state index in [0.29, 0.717) is 0 Å². The molecule has 0 unspecified atom stereocenters. The van der Waals surface area contributed by atoms with Crippen molar-refractivity contribution in [3.63, 3.8) is 0 Å². The molecule has 0 bridgehead atoms. The number of hydrogen-bond donors (Lipinski definition) is 0. The molecule has 0 amide bonds. The SMILES string of the molecule is CC(C)(C)c1cc(CC(C)(C)c2ccncn2)cnn1. The molecule has 0 saturated carbocycles. The quantitative estimate of drug-likeness (QED) is 0.860. The van der Waals surface area contributed by atoms with Crippen LogP contribution >= 0.6 is 0 Å². The highest BCUT2D eigenvalue weighted by molar-refractivity contribution is 5.23. The summed E-state index contributed by atoms with van der Waals surface area (Å²) in [6.07, 6.45) is 6.11.